The van der Waals surface area contributed by atoms with E-state index < -0.39 is 0 Å². The van der Waals surface area contributed by atoms with Gasteiger partial charge in [-0.25, -0.2) is 4.79 Å². The highest BCUT2D eigenvalue weighted by molar-refractivity contribution is 5.93. The number of carbonyl (C=O) groups is 1. The number of carbonyl (C=O) groups excluding carboxylic acids is 1. The van der Waals surface area contributed by atoms with Gasteiger partial charge in [0.25, 0.3) is 0 Å². The third-order valence-electron chi connectivity index (χ3n) is 3.07. The molecule has 0 aliphatic heterocycles. The van der Waals surface area contributed by atoms with Gasteiger partial charge in [0, 0.05) is 0 Å². The van der Waals surface area contributed by atoms with Crippen LogP contribution < -0.4 is 4.74 Å². The van der Waals surface area contributed by atoms with E-state index in [4.69, 9.17) is 9.47 Å². The highest BCUT2D eigenvalue weighted by atomic mass is 16.5. The number of para-hydroxylation sites is 1. The predicted molar refractivity (Wildman–Crippen MR) is 81.5 cm³/mol. The van der Waals surface area contributed by atoms with E-state index in [9.17, 15) is 4.79 Å². The minimum absolute atomic E-state index is 0.285. The zero-order valence-electron chi connectivity index (χ0n) is 13.1. The number of hydrogen-bond donors (Lipinski definition) is 0. The van der Waals surface area contributed by atoms with Gasteiger partial charge in [-0.15, -0.1) is 0 Å². The Morgan fingerprint density at radius 1 is 1.15 bits per heavy atom. The molecule has 0 radical (unpaired) electrons. The lowest BCUT2D eigenvalue weighted by Crippen LogP contribution is -2.11. The molecule has 0 aromatic heterocycles. The first-order chi connectivity index (χ1) is 9.61. The summed E-state index contributed by atoms with van der Waals surface area (Å²) in [4.78, 5) is 12.2. The zero-order chi connectivity index (χ0) is 15.0. The Kier molecular flexibility index (Phi) is 7.13. The predicted octanol–water partition coefficient (Wildman–Crippen LogP) is 4.56. The standard InChI is InChI=1S/C17H26O3/c1-5-7-12-20-17(18)15-10-8-9-14(13(3)4)16(15)19-11-6-2/h8-10,13H,5-7,11-12H2,1-4H3. The Morgan fingerprint density at radius 3 is 2.50 bits per heavy atom. The van der Waals surface area contributed by atoms with Gasteiger partial charge < -0.3 is 9.47 Å². The van der Waals surface area contributed by atoms with Crippen molar-refractivity contribution in [1.29, 1.82) is 0 Å². The zero-order valence-corrected chi connectivity index (χ0v) is 13.1. The Bertz CT molecular complexity index is 424. The lowest BCUT2D eigenvalue weighted by Gasteiger charge is -2.17. The summed E-state index contributed by atoms with van der Waals surface area (Å²) in [5, 5.41) is 0. The van der Waals surface area contributed by atoms with E-state index >= 15 is 0 Å². The fourth-order valence-corrected chi connectivity index (χ4v) is 1.92. The van der Waals surface area contributed by atoms with Crippen LogP contribution in [0.1, 0.15) is 68.8 Å². The van der Waals surface area contributed by atoms with Crippen molar-refractivity contribution in [2.75, 3.05) is 13.2 Å². The van der Waals surface area contributed by atoms with Gasteiger partial charge in [-0.2, -0.15) is 0 Å². The van der Waals surface area contributed by atoms with Gasteiger partial charge in [-0.3, -0.25) is 0 Å². The molecule has 0 atom stereocenters. The molecular formula is C17H26O3. The molecule has 0 spiro atoms. The molecule has 1 rings (SSSR count). The maximum Gasteiger partial charge on any atom is 0.341 e. The van der Waals surface area contributed by atoms with Crippen LogP contribution in [0.4, 0.5) is 0 Å². The Balaban J connectivity index is 2.97. The third kappa shape index (κ3) is 4.55. The highest BCUT2D eigenvalue weighted by Gasteiger charge is 2.18. The molecule has 0 saturated heterocycles. The van der Waals surface area contributed by atoms with E-state index in [2.05, 4.69) is 27.7 Å². The van der Waals surface area contributed by atoms with E-state index in [1.165, 1.54) is 0 Å². The van der Waals surface area contributed by atoms with Gasteiger partial charge in [0.05, 0.1) is 13.2 Å². The number of rotatable bonds is 8. The van der Waals surface area contributed by atoms with Gasteiger partial charge in [0.2, 0.25) is 0 Å². The topological polar surface area (TPSA) is 35.5 Å². The molecule has 3 heteroatoms. The van der Waals surface area contributed by atoms with E-state index in [1.54, 1.807) is 6.07 Å². The summed E-state index contributed by atoms with van der Waals surface area (Å²) in [6.07, 6.45) is 2.82. The fourth-order valence-electron chi connectivity index (χ4n) is 1.92. The van der Waals surface area contributed by atoms with Gasteiger partial charge in [0.1, 0.15) is 11.3 Å². The molecule has 0 bridgehead atoms. The van der Waals surface area contributed by atoms with Crippen molar-refractivity contribution in [2.45, 2.75) is 52.9 Å². The third-order valence-corrected chi connectivity index (χ3v) is 3.07. The second-order valence-corrected chi connectivity index (χ2v) is 5.22. The molecule has 0 heterocycles. The lowest BCUT2D eigenvalue weighted by molar-refractivity contribution is 0.0495. The molecule has 0 aliphatic rings. The van der Waals surface area contributed by atoms with E-state index in [0.29, 0.717) is 30.4 Å². The summed E-state index contributed by atoms with van der Waals surface area (Å²) in [5.41, 5.74) is 1.60. The normalized spacial score (nSPS) is 10.7. The Hall–Kier alpha value is -1.51. The van der Waals surface area contributed by atoms with Crippen molar-refractivity contribution >= 4 is 5.97 Å². The minimum atomic E-state index is -0.285. The number of esters is 1. The quantitative estimate of drug-likeness (QED) is 0.516. The second-order valence-electron chi connectivity index (χ2n) is 5.22. The summed E-state index contributed by atoms with van der Waals surface area (Å²) < 4.78 is 11.1. The molecule has 0 N–H and O–H groups in total. The van der Waals surface area contributed by atoms with Gasteiger partial charge in [-0.05, 0) is 30.4 Å². The van der Waals surface area contributed by atoms with Gasteiger partial charge >= 0.3 is 5.97 Å². The van der Waals surface area contributed by atoms with Crippen LogP contribution in [-0.4, -0.2) is 19.2 Å². The second kappa shape index (κ2) is 8.62. The average Bonchev–Trinajstić information content (AvgIpc) is 2.44. The summed E-state index contributed by atoms with van der Waals surface area (Å²) in [7, 11) is 0. The van der Waals surface area contributed by atoms with Crippen molar-refractivity contribution in [1.82, 2.24) is 0 Å². The molecule has 1 aromatic rings. The van der Waals surface area contributed by atoms with Crippen LogP contribution in [0.25, 0.3) is 0 Å². The molecule has 0 aliphatic carbocycles. The van der Waals surface area contributed by atoms with E-state index in [-0.39, 0.29) is 5.97 Å². The monoisotopic (exact) mass is 278 g/mol. The summed E-state index contributed by atoms with van der Waals surface area (Å²) in [5.74, 6) is 0.711. The molecule has 20 heavy (non-hydrogen) atoms. The summed E-state index contributed by atoms with van der Waals surface area (Å²) >= 11 is 0. The summed E-state index contributed by atoms with van der Waals surface area (Å²) in [6.45, 7) is 9.40. The molecule has 112 valence electrons. The minimum Gasteiger partial charge on any atom is -0.492 e. The van der Waals surface area contributed by atoms with Crippen molar-refractivity contribution in [2.24, 2.45) is 0 Å². The van der Waals surface area contributed by atoms with Crippen molar-refractivity contribution in [3.05, 3.63) is 29.3 Å². The fraction of sp³-hybridized carbons (Fsp3) is 0.588. The van der Waals surface area contributed by atoms with E-state index in [1.807, 2.05) is 12.1 Å². The maximum absolute atomic E-state index is 12.2. The molecule has 0 fully saturated rings. The molecule has 0 unspecified atom stereocenters. The number of ether oxygens (including phenoxy) is 2. The number of unbranched alkanes of at least 4 members (excludes halogenated alkanes) is 1. The van der Waals surface area contributed by atoms with Crippen LogP contribution >= 0.6 is 0 Å². The van der Waals surface area contributed by atoms with Crippen molar-refractivity contribution in [3.63, 3.8) is 0 Å². The van der Waals surface area contributed by atoms with Crippen LogP contribution in [0.2, 0.25) is 0 Å². The van der Waals surface area contributed by atoms with Crippen LogP contribution in [-0.2, 0) is 4.74 Å². The number of hydrogen-bond acceptors (Lipinski definition) is 3. The largest absolute Gasteiger partial charge is 0.492 e. The maximum atomic E-state index is 12.2. The van der Waals surface area contributed by atoms with Gasteiger partial charge in [0.15, 0.2) is 0 Å². The van der Waals surface area contributed by atoms with E-state index in [0.717, 1.165) is 24.8 Å². The van der Waals surface area contributed by atoms with Crippen LogP contribution in [0.5, 0.6) is 5.75 Å². The van der Waals surface area contributed by atoms with Gasteiger partial charge in [-0.1, -0.05) is 46.2 Å². The molecular weight excluding hydrogens is 252 g/mol. The SMILES string of the molecule is CCCCOC(=O)c1cccc(C(C)C)c1OCCC. The van der Waals surface area contributed by atoms with Crippen LogP contribution in [0.15, 0.2) is 18.2 Å². The highest BCUT2D eigenvalue weighted by Crippen LogP contribution is 2.31. The first-order valence-electron chi connectivity index (χ1n) is 7.54. The van der Waals surface area contributed by atoms with Crippen LogP contribution in [0.3, 0.4) is 0 Å². The molecule has 0 saturated carbocycles. The first-order valence-corrected chi connectivity index (χ1v) is 7.54. The average molecular weight is 278 g/mol. The first kappa shape index (κ1) is 16.5. The smallest absolute Gasteiger partial charge is 0.341 e. The molecule has 3 nitrogen and oxygen atoms in total. The number of benzene rings is 1. The van der Waals surface area contributed by atoms with Crippen molar-refractivity contribution in [3.8, 4) is 5.75 Å². The Morgan fingerprint density at radius 2 is 1.90 bits per heavy atom. The lowest BCUT2D eigenvalue weighted by atomic mass is 9.99. The Labute approximate surface area is 122 Å². The van der Waals surface area contributed by atoms with Crippen LogP contribution in [0, 0.1) is 0 Å². The van der Waals surface area contributed by atoms with Crippen molar-refractivity contribution < 1.29 is 14.3 Å². The molecule has 1 aromatic carbocycles. The summed E-state index contributed by atoms with van der Waals surface area (Å²) in [6, 6.07) is 5.69. The molecule has 0 amide bonds.